The summed E-state index contributed by atoms with van der Waals surface area (Å²) in [5.41, 5.74) is 2.93. The molecule has 7 nitrogen and oxygen atoms in total. The number of benzene rings is 3. The predicted octanol–water partition coefficient (Wildman–Crippen LogP) is 6.01. The molecule has 0 fully saturated rings. The Hall–Kier alpha value is -3.36. The molecule has 0 unspecified atom stereocenters. The zero-order valence-corrected chi connectivity index (χ0v) is 22.4. The number of sulfonamides is 1. The summed E-state index contributed by atoms with van der Waals surface area (Å²) in [6.45, 7) is 6.47. The number of hydrogen-bond donors (Lipinski definition) is 1. The third-order valence-corrected chi connectivity index (χ3v) is 9.38. The first kappa shape index (κ1) is 25.3. The molecule has 8 heteroatoms. The number of para-hydroxylation sites is 1. The van der Waals surface area contributed by atoms with Crippen LogP contribution in [0.2, 0.25) is 0 Å². The van der Waals surface area contributed by atoms with E-state index in [1.165, 1.54) is 4.31 Å². The van der Waals surface area contributed by atoms with Gasteiger partial charge in [-0.1, -0.05) is 44.0 Å². The number of anilines is 2. The molecule has 194 valence electrons. The van der Waals surface area contributed by atoms with Gasteiger partial charge >= 0.3 is 5.97 Å². The summed E-state index contributed by atoms with van der Waals surface area (Å²) in [5, 5.41) is 9.63. The summed E-state index contributed by atoms with van der Waals surface area (Å²) >= 11 is 0. The third kappa shape index (κ3) is 4.28. The van der Waals surface area contributed by atoms with Crippen LogP contribution in [0, 0.1) is 0 Å². The van der Waals surface area contributed by atoms with Crippen molar-refractivity contribution < 1.29 is 23.1 Å². The lowest BCUT2D eigenvalue weighted by Crippen LogP contribution is -2.40. The molecule has 0 saturated carbocycles. The van der Waals surface area contributed by atoms with Crippen molar-refractivity contribution in [2.24, 2.45) is 0 Å². The van der Waals surface area contributed by atoms with Crippen LogP contribution >= 0.6 is 0 Å². The minimum Gasteiger partial charge on any atom is -0.482 e. The lowest BCUT2D eigenvalue weighted by molar-refractivity contribution is 0.0695. The van der Waals surface area contributed by atoms with Crippen molar-refractivity contribution >= 4 is 27.4 Å². The summed E-state index contributed by atoms with van der Waals surface area (Å²) in [5.74, 6) is -0.505. The second kappa shape index (κ2) is 9.19. The van der Waals surface area contributed by atoms with Gasteiger partial charge < -0.3 is 14.7 Å². The topological polar surface area (TPSA) is 87.2 Å². The molecule has 1 atom stereocenters. The van der Waals surface area contributed by atoms with E-state index in [9.17, 15) is 18.3 Å². The van der Waals surface area contributed by atoms with Crippen LogP contribution in [0.1, 0.15) is 56.0 Å². The van der Waals surface area contributed by atoms with Gasteiger partial charge in [0.2, 0.25) is 10.0 Å². The normalized spacial score (nSPS) is 19.7. The highest BCUT2D eigenvalue weighted by Crippen LogP contribution is 2.50. The largest absolute Gasteiger partial charge is 0.482 e. The fraction of sp³-hybridized carbons (Fsp3) is 0.345. The number of likely N-dealkylation sites (N-methyl/N-ethyl adjacent to an activating group) is 1. The summed E-state index contributed by atoms with van der Waals surface area (Å²) in [4.78, 5) is 14.0. The summed E-state index contributed by atoms with van der Waals surface area (Å²) in [6.07, 6.45) is 2.64. The van der Waals surface area contributed by atoms with Crippen LogP contribution < -0.4 is 9.64 Å². The van der Waals surface area contributed by atoms with Crippen molar-refractivity contribution in [2.45, 2.75) is 56.6 Å². The maximum atomic E-state index is 14.0. The van der Waals surface area contributed by atoms with Crippen LogP contribution in [0.4, 0.5) is 11.4 Å². The SMILES string of the molecule is CCCC[C@@H]1CN(c2ccccc2)c2cc3c(cc2S(=O)(=O)N1C)-c1cc(C(=O)O)ccc1C(C)(C)O3. The Bertz CT molecular complexity index is 1470. The van der Waals surface area contributed by atoms with Gasteiger partial charge in [0.25, 0.3) is 0 Å². The van der Waals surface area contributed by atoms with Crippen molar-refractivity contribution in [1.29, 1.82) is 0 Å². The van der Waals surface area contributed by atoms with Crippen LogP contribution in [0.25, 0.3) is 11.1 Å². The number of unbranched alkanes of at least 4 members (excludes halogenated alkanes) is 1. The number of nitrogens with zero attached hydrogens (tertiary/aromatic N) is 2. The van der Waals surface area contributed by atoms with Gasteiger partial charge in [-0.25, -0.2) is 13.2 Å². The molecule has 37 heavy (non-hydrogen) atoms. The average molecular weight is 521 g/mol. The van der Waals surface area contributed by atoms with E-state index in [1.807, 2.05) is 50.2 Å². The zero-order valence-electron chi connectivity index (χ0n) is 21.6. The van der Waals surface area contributed by atoms with Crippen LogP contribution in [0.5, 0.6) is 5.75 Å². The first-order valence-corrected chi connectivity index (χ1v) is 14.0. The highest BCUT2D eigenvalue weighted by atomic mass is 32.2. The van der Waals surface area contributed by atoms with E-state index < -0.39 is 21.6 Å². The van der Waals surface area contributed by atoms with Crippen molar-refractivity contribution in [1.82, 2.24) is 4.31 Å². The Morgan fingerprint density at radius 2 is 1.81 bits per heavy atom. The lowest BCUT2D eigenvalue weighted by atomic mass is 9.85. The molecule has 0 aromatic heterocycles. The van der Waals surface area contributed by atoms with Crippen molar-refractivity contribution in [2.75, 3.05) is 18.5 Å². The van der Waals surface area contributed by atoms with Crippen LogP contribution in [0.15, 0.2) is 65.6 Å². The molecular formula is C29H32N2O5S. The lowest BCUT2D eigenvalue weighted by Gasteiger charge is -2.36. The molecule has 0 saturated heterocycles. The van der Waals surface area contributed by atoms with Gasteiger partial charge in [-0.15, -0.1) is 0 Å². The van der Waals surface area contributed by atoms with Crippen LogP contribution in [0.3, 0.4) is 0 Å². The summed E-state index contributed by atoms with van der Waals surface area (Å²) in [6, 6.07) is 18.0. The standard InChI is InChI=1S/C29H32N2O5S/c1-5-6-10-21-18-31(20-11-8-7-9-12-20)25-17-26-23(16-27(25)37(34,35)30(21)4)22-15-19(28(32)33)13-14-24(22)29(2,3)36-26/h7-9,11-17,21H,5-6,10,18H2,1-4H3,(H,32,33)/t21-/m1/s1. The molecule has 2 aliphatic heterocycles. The van der Waals surface area contributed by atoms with Crippen molar-refractivity contribution in [3.8, 4) is 16.9 Å². The molecule has 0 bridgehead atoms. The molecule has 0 radical (unpaired) electrons. The number of ether oxygens (including phenoxy) is 1. The fourth-order valence-corrected chi connectivity index (χ4v) is 6.93. The van der Waals surface area contributed by atoms with Gasteiger partial charge in [-0.2, -0.15) is 4.31 Å². The van der Waals surface area contributed by atoms with Gasteiger partial charge in [0.15, 0.2) is 0 Å². The molecule has 2 aliphatic rings. The maximum Gasteiger partial charge on any atom is 0.335 e. The molecule has 3 aromatic rings. The van der Waals surface area contributed by atoms with Gasteiger partial charge in [0.1, 0.15) is 16.2 Å². The number of rotatable bonds is 5. The van der Waals surface area contributed by atoms with Crippen molar-refractivity contribution in [3.63, 3.8) is 0 Å². The van der Waals surface area contributed by atoms with Gasteiger partial charge in [-0.05, 0) is 56.2 Å². The Balaban J connectivity index is 1.78. The number of carbonyl (C=O) groups is 1. The Kier molecular flexibility index (Phi) is 6.28. The fourth-order valence-electron chi connectivity index (χ4n) is 5.36. The average Bonchev–Trinajstić information content (AvgIpc) is 2.94. The number of hydrogen-bond acceptors (Lipinski definition) is 5. The zero-order chi connectivity index (χ0) is 26.5. The first-order chi connectivity index (χ1) is 17.5. The predicted molar refractivity (Wildman–Crippen MR) is 144 cm³/mol. The van der Waals surface area contributed by atoms with E-state index in [2.05, 4.69) is 11.8 Å². The Morgan fingerprint density at radius 1 is 1.08 bits per heavy atom. The molecule has 5 rings (SSSR count). The molecule has 1 N–H and O–H groups in total. The van der Waals surface area contributed by atoms with E-state index in [0.29, 0.717) is 29.1 Å². The number of aromatic carboxylic acids is 1. The number of carboxylic acid groups (broad SMARTS) is 1. The van der Waals surface area contributed by atoms with E-state index in [4.69, 9.17) is 4.74 Å². The van der Waals surface area contributed by atoms with E-state index in [0.717, 1.165) is 30.5 Å². The van der Waals surface area contributed by atoms with Crippen molar-refractivity contribution in [3.05, 3.63) is 71.8 Å². The van der Waals surface area contributed by atoms with E-state index >= 15 is 0 Å². The van der Waals surface area contributed by atoms with E-state index in [1.54, 1.807) is 31.3 Å². The Labute approximate surface area is 218 Å². The molecule has 2 heterocycles. The van der Waals surface area contributed by atoms with Crippen LogP contribution in [-0.2, 0) is 15.6 Å². The maximum absolute atomic E-state index is 14.0. The second-order valence-electron chi connectivity index (χ2n) is 10.3. The highest BCUT2D eigenvalue weighted by Gasteiger charge is 2.40. The third-order valence-electron chi connectivity index (χ3n) is 7.45. The van der Waals surface area contributed by atoms with Gasteiger partial charge in [0.05, 0.1) is 11.3 Å². The minimum absolute atomic E-state index is 0.142. The molecular weight excluding hydrogens is 488 g/mol. The van der Waals surface area contributed by atoms with Crippen LogP contribution in [-0.4, -0.2) is 43.4 Å². The molecule has 0 aliphatic carbocycles. The quantitative estimate of drug-likeness (QED) is 0.443. The van der Waals surface area contributed by atoms with Gasteiger partial charge in [0, 0.05) is 42.5 Å². The Morgan fingerprint density at radius 3 is 2.49 bits per heavy atom. The smallest absolute Gasteiger partial charge is 0.335 e. The second-order valence-corrected chi connectivity index (χ2v) is 12.2. The summed E-state index contributed by atoms with van der Waals surface area (Å²) < 4.78 is 36.0. The molecule has 0 spiro atoms. The minimum atomic E-state index is -3.85. The number of carboxylic acids is 1. The molecule has 3 aromatic carbocycles. The van der Waals surface area contributed by atoms with E-state index in [-0.39, 0.29) is 16.5 Å². The highest BCUT2D eigenvalue weighted by molar-refractivity contribution is 7.89. The first-order valence-electron chi connectivity index (χ1n) is 12.6. The number of fused-ring (bicyclic) bond motifs is 4. The van der Waals surface area contributed by atoms with Gasteiger partial charge in [-0.3, -0.25) is 0 Å². The monoisotopic (exact) mass is 520 g/mol. The summed E-state index contributed by atoms with van der Waals surface area (Å²) in [7, 11) is -2.19. The molecule has 0 amide bonds.